The Hall–Kier alpha value is -4.03. The van der Waals surface area contributed by atoms with Crippen molar-refractivity contribution in [2.24, 2.45) is 0 Å². The van der Waals surface area contributed by atoms with Gasteiger partial charge < -0.3 is 19.5 Å². The van der Waals surface area contributed by atoms with Gasteiger partial charge in [0, 0.05) is 16.5 Å². The zero-order chi connectivity index (χ0) is 22.8. The fourth-order valence-corrected chi connectivity index (χ4v) is 4.63. The third kappa shape index (κ3) is 2.47. The van der Waals surface area contributed by atoms with Gasteiger partial charge in [0.2, 0.25) is 0 Å². The van der Waals surface area contributed by atoms with Gasteiger partial charge in [0.05, 0.1) is 35.1 Å². The van der Waals surface area contributed by atoms with E-state index in [2.05, 4.69) is 4.98 Å². The number of aromatic nitrogens is 2. The van der Waals surface area contributed by atoms with Crippen LogP contribution in [0.4, 0.5) is 0 Å². The first kappa shape index (κ1) is 19.9. The molecule has 2 aromatic heterocycles. The van der Waals surface area contributed by atoms with Crippen LogP contribution in [0.25, 0.3) is 22.3 Å². The Kier molecular flexibility index (Phi) is 4.19. The number of nitrogens with zero attached hydrogens (tertiary/aromatic N) is 3. The van der Waals surface area contributed by atoms with Crippen LogP contribution in [0.5, 0.6) is 0 Å². The molecular formula is C23H17N3O6. The third-order valence-electron chi connectivity index (χ3n) is 6.30. The average Bonchev–Trinajstić information content (AvgIpc) is 3.15. The van der Waals surface area contributed by atoms with Crippen molar-refractivity contribution in [3.63, 3.8) is 0 Å². The van der Waals surface area contributed by atoms with Gasteiger partial charge in [-0.2, -0.15) is 5.26 Å². The largest absolute Gasteiger partial charge is 0.480 e. The monoisotopic (exact) mass is 431 g/mol. The summed E-state index contributed by atoms with van der Waals surface area (Å²) in [5, 5.41) is 30.8. The van der Waals surface area contributed by atoms with Gasteiger partial charge in [-0.1, -0.05) is 25.1 Å². The SMILES string of the molecule is CCC1(O)C(=O)OCc2c1cc1n(c2=O)Cc2c-1nc1ccccc1c2C(C#N)C(=O)O. The number of esters is 1. The highest BCUT2D eigenvalue weighted by Crippen LogP contribution is 2.41. The van der Waals surface area contributed by atoms with Crippen molar-refractivity contribution in [3.8, 4) is 17.5 Å². The Labute approximate surface area is 181 Å². The first-order valence-electron chi connectivity index (χ1n) is 10.0. The summed E-state index contributed by atoms with van der Waals surface area (Å²) in [4.78, 5) is 42.2. The fourth-order valence-electron chi connectivity index (χ4n) is 4.63. The maximum atomic E-state index is 13.3. The van der Waals surface area contributed by atoms with Gasteiger partial charge in [0.25, 0.3) is 5.56 Å². The molecule has 0 aliphatic carbocycles. The number of nitriles is 1. The molecule has 0 fully saturated rings. The quantitative estimate of drug-likeness (QED) is 0.467. The Balaban J connectivity index is 1.86. The molecule has 160 valence electrons. The summed E-state index contributed by atoms with van der Waals surface area (Å²) < 4.78 is 6.48. The van der Waals surface area contributed by atoms with Gasteiger partial charge in [-0.15, -0.1) is 0 Å². The first-order valence-corrected chi connectivity index (χ1v) is 10.0. The van der Waals surface area contributed by atoms with Gasteiger partial charge in [0.15, 0.2) is 11.5 Å². The lowest BCUT2D eigenvalue weighted by Gasteiger charge is -2.31. The van der Waals surface area contributed by atoms with Crippen LogP contribution in [0, 0.1) is 11.3 Å². The number of ether oxygens (including phenoxy) is 1. The number of carbonyl (C=O) groups is 2. The van der Waals surface area contributed by atoms with Gasteiger partial charge in [-0.05, 0) is 24.1 Å². The number of hydrogen-bond donors (Lipinski definition) is 2. The van der Waals surface area contributed by atoms with Crippen LogP contribution in [0.1, 0.15) is 41.5 Å². The van der Waals surface area contributed by atoms with Crippen LogP contribution in [-0.4, -0.2) is 31.7 Å². The highest BCUT2D eigenvalue weighted by atomic mass is 16.6. The number of carboxylic acid groups (broad SMARTS) is 1. The van der Waals surface area contributed by atoms with E-state index < -0.39 is 29.0 Å². The van der Waals surface area contributed by atoms with Crippen LogP contribution < -0.4 is 5.56 Å². The molecule has 5 rings (SSSR count). The molecule has 1 aromatic carbocycles. The van der Waals surface area contributed by atoms with Crippen molar-refractivity contribution in [2.45, 2.75) is 38.0 Å². The summed E-state index contributed by atoms with van der Waals surface area (Å²) >= 11 is 0. The molecule has 2 N–H and O–H groups in total. The molecule has 4 heterocycles. The molecule has 0 saturated heterocycles. The van der Waals surface area contributed by atoms with Gasteiger partial charge in [0.1, 0.15) is 6.61 Å². The minimum Gasteiger partial charge on any atom is -0.480 e. The molecule has 0 amide bonds. The summed E-state index contributed by atoms with van der Waals surface area (Å²) in [6, 6.07) is 10.3. The van der Waals surface area contributed by atoms with E-state index >= 15 is 0 Å². The number of aliphatic hydroxyl groups is 1. The molecule has 32 heavy (non-hydrogen) atoms. The zero-order valence-corrected chi connectivity index (χ0v) is 17.0. The van der Waals surface area contributed by atoms with E-state index in [1.165, 1.54) is 4.57 Å². The summed E-state index contributed by atoms with van der Waals surface area (Å²) in [5.74, 6) is -3.57. The van der Waals surface area contributed by atoms with Crippen molar-refractivity contribution in [2.75, 3.05) is 0 Å². The number of hydrogen-bond acceptors (Lipinski definition) is 7. The van der Waals surface area contributed by atoms with Crippen LogP contribution in [0.15, 0.2) is 35.1 Å². The molecule has 2 aliphatic rings. The standard InChI is InChI=1S/C23H17N3O6/c1-2-23(31)15-7-17-19-13(9-26(17)20(27)14(15)10-32-22(23)30)18(12(8-24)21(28)29)11-5-3-4-6-16(11)25-19/h3-7,12,31H,2,9-10H2,1H3,(H,28,29). The lowest BCUT2D eigenvalue weighted by atomic mass is 9.86. The van der Waals surface area contributed by atoms with Crippen molar-refractivity contribution >= 4 is 22.8 Å². The second-order valence-electron chi connectivity index (χ2n) is 7.87. The number of rotatable bonds is 3. The van der Waals surface area contributed by atoms with Crippen molar-refractivity contribution in [3.05, 3.63) is 62.9 Å². The summed E-state index contributed by atoms with van der Waals surface area (Å²) in [7, 11) is 0. The summed E-state index contributed by atoms with van der Waals surface area (Å²) in [5.41, 5.74) is -0.110. The zero-order valence-electron chi connectivity index (χ0n) is 17.0. The average molecular weight is 431 g/mol. The first-order chi connectivity index (χ1) is 15.3. The van der Waals surface area contributed by atoms with E-state index in [1.807, 2.05) is 6.07 Å². The third-order valence-corrected chi connectivity index (χ3v) is 6.30. The maximum Gasteiger partial charge on any atom is 0.343 e. The molecule has 3 aromatic rings. The van der Waals surface area contributed by atoms with Crippen LogP contribution in [0.2, 0.25) is 0 Å². The number of aliphatic carboxylic acids is 1. The van der Waals surface area contributed by atoms with E-state index in [0.29, 0.717) is 33.4 Å². The number of para-hydroxylation sites is 1. The van der Waals surface area contributed by atoms with Crippen LogP contribution >= 0.6 is 0 Å². The predicted octanol–water partition coefficient (Wildman–Crippen LogP) is 1.77. The Morgan fingerprint density at radius 2 is 2.09 bits per heavy atom. The lowest BCUT2D eigenvalue weighted by Crippen LogP contribution is -2.44. The molecule has 2 unspecified atom stereocenters. The second-order valence-corrected chi connectivity index (χ2v) is 7.87. The Morgan fingerprint density at radius 3 is 2.78 bits per heavy atom. The van der Waals surface area contributed by atoms with Crippen LogP contribution in [-0.2, 0) is 33.1 Å². The number of fused-ring (bicyclic) bond motifs is 5. The van der Waals surface area contributed by atoms with Crippen molar-refractivity contribution in [1.29, 1.82) is 5.26 Å². The molecule has 0 spiro atoms. The predicted molar refractivity (Wildman–Crippen MR) is 111 cm³/mol. The minimum atomic E-state index is -1.96. The van der Waals surface area contributed by atoms with Crippen LogP contribution in [0.3, 0.4) is 0 Å². The van der Waals surface area contributed by atoms with E-state index in [1.54, 1.807) is 37.3 Å². The van der Waals surface area contributed by atoms with Gasteiger partial charge >= 0.3 is 11.9 Å². The van der Waals surface area contributed by atoms with E-state index in [-0.39, 0.29) is 30.7 Å². The maximum absolute atomic E-state index is 13.3. The molecule has 2 aliphatic heterocycles. The summed E-state index contributed by atoms with van der Waals surface area (Å²) in [6.07, 6.45) is 0.0144. The number of cyclic esters (lactones) is 1. The molecule has 0 radical (unpaired) electrons. The normalized spacial score (nSPS) is 19.5. The Morgan fingerprint density at radius 1 is 1.34 bits per heavy atom. The smallest absolute Gasteiger partial charge is 0.343 e. The lowest BCUT2D eigenvalue weighted by molar-refractivity contribution is -0.172. The second kappa shape index (κ2) is 6.73. The highest BCUT2D eigenvalue weighted by molar-refractivity contribution is 5.94. The Bertz CT molecular complexity index is 1450. The number of carbonyl (C=O) groups excluding carboxylic acids is 1. The van der Waals surface area contributed by atoms with Gasteiger partial charge in [-0.3, -0.25) is 9.59 Å². The van der Waals surface area contributed by atoms with E-state index in [9.17, 15) is 29.9 Å². The van der Waals surface area contributed by atoms with E-state index in [0.717, 1.165) is 0 Å². The molecule has 9 nitrogen and oxygen atoms in total. The number of pyridine rings is 2. The highest BCUT2D eigenvalue weighted by Gasteiger charge is 2.45. The molecular weight excluding hydrogens is 414 g/mol. The minimum absolute atomic E-state index is 0.0144. The summed E-state index contributed by atoms with van der Waals surface area (Å²) in [6.45, 7) is 1.38. The number of benzene rings is 1. The van der Waals surface area contributed by atoms with E-state index in [4.69, 9.17) is 4.74 Å². The molecule has 9 heteroatoms. The van der Waals surface area contributed by atoms with Crippen molar-refractivity contribution < 1.29 is 24.5 Å². The van der Waals surface area contributed by atoms with Gasteiger partial charge in [-0.25, -0.2) is 9.78 Å². The molecule has 2 atom stereocenters. The topological polar surface area (TPSA) is 143 Å². The molecule has 0 bridgehead atoms. The number of carboxylic acids is 1. The van der Waals surface area contributed by atoms with Crippen molar-refractivity contribution in [1.82, 2.24) is 9.55 Å². The fraction of sp³-hybridized carbons (Fsp3) is 0.261. The molecule has 0 saturated carbocycles.